The molecule has 0 aromatic carbocycles. The largest absolute Gasteiger partial charge is 0.0625 e. The number of rotatable bonds is 2. The molecule has 78 valence electrons. The minimum absolute atomic E-state index is 0.884. The zero-order valence-corrected chi connectivity index (χ0v) is 10.0. The first-order valence-electron chi connectivity index (χ1n) is 6.02. The molecule has 0 bridgehead atoms. The van der Waals surface area contributed by atoms with E-state index in [9.17, 15) is 0 Å². The average Bonchev–Trinajstić information content (AvgIpc) is 2.03. The first kappa shape index (κ1) is 11.1. The van der Waals surface area contributed by atoms with Crippen LogP contribution in [0.3, 0.4) is 0 Å². The summed E-state index contributed by atoms with van der Waals surface area (Å²) in [6.45, 7) is 12.0. The molecule has 0 heteroatoms. The van der Waals surface area contributed by atoms with E-state index in [0.29, 0.717) is 0 Å². The Morgan fingerprint density at radius 3 is 1.85 bits per heavy atom. The van der Waals surface area contributed by atoms with Crippen LogP contribution in [0.15, 0.2) is 0 Å². The monoisotopic (exact) mass is 182 g/mol. The lowest BCUT2D eigenvalue weighted by Gasteiger charge is -2.39. The van der Waals surface area contributed by atoms with Crippen molar-refractivity contribution >= 4 is 0 Å². The van der Waals surface area contributed by atoms with E-state index >= 15 is 0 Å². The molecule has 3 atom stereocenters. The van der Waals surface area contributed by atoms with Crippen molar-refractivity contribution in [3.63, 3.8) is 0 Å². The highest BCUT2D eigenvalue weighted by Gasteiger charge is 2.32. The molecule has 0 nitrogen and oxygen atoms in total. The third-order valence-electron chi connectivity index (χ3n) is 3.93. The van der Waals surface area contributed by atoms with Crippen molar-refractivity contribution in [2.45, 2.75) is 53.9 Å². The minimum atomic E-state index is 0.884. The molecule has 1 aliphatic rings. The molecule has 0 saturated heterocycles. The van der Waals surface area contributed by atoms with E-state index in [1.807, 2.05) is 0 Å². The van der Waals surface area contributed by atoms with Crippen molar-refractivity contribution in [1.82, 2.24) is 0 Å². The second-order valence-electron chi connectivity index (χ2n) is 5.73. The van der Waals surface area contributed by atoms with Gasteiger partial charge in [0.1, 0.15) is 0 Å². The molecule has 0 N–H and O–H groups in total. The third-order valence-corrected chi connectivity index (χ3v) is 3.93. The quantitative estimate of drug-likeness (QED) is 0.595. The summed E-state index contributed by atoms with van der Waals surface area (Å²) in [5.41, 5.74) is 0. The van der Waals surface area contributed by atoms with Crippen LogP contribution in [-0.2, 0) is 0 Å². The fraction of sp³-hybridized carbons (Fsp3) is 1.00. The summed E-state index contributed by atoms with van der Waals surface area (Å²) in [7, 11) is 0. The van der Waals surface area contributed by atoms with Crippen LogP contribution in [0.5, 0.6) is 0 Å². The van der Waals surface area contributed by atoms with Gasteiger partial charge < -0.3 is 0 Å². The van der Waals surface area contributed by atoms with Crippen LogP contribution < -0.4 is 0 Å². The summed E-state index contributed by atoms with van der Waals surface area (Å²) in [6.07, 6.45) is 4.41. The minimum Gasteiger partial charge on any atom is -0.0625 e. The molecule has 2 unspecified atom stereocenters. The predicted octanol–water partition coefficient (Wildman–Crippen LogP) is 4.35. The summed E-state index contributed by atoms with van der Waals surface area (Å²) in [5, 5.41) is 0. The van der Waals surface area contributed by atoms with Crippen molar-refractivity contribution in [2.24, 2.45) is 29.6 Å². The summed E-state index contributed by atoms with van der Waals surface area (Å²) >= 11 is 0. The van der Waals surface area contributed by atoms with Gasteiger partial charge in [-0.2, -0.15) is 0 Å². The summed E-state index contributed by atoms with van der Waals surface area (Å²) in [5.74, 6) is 4.73. The highest BCUT2D eigenvalue weighted by atomic mass is 14.4. The van der Waals surface area contributed by atoms with Crippen molar-refractivity contribution in [3.05, 3.63) is 0 Å². The molecule has 1 aliphatic carbocycles. The molecule has 0 aliphatic heterocycles. The maximum Gasteiger partial charge on any atom is -0.0358 e. The fourth-order valence-corrected chi connectivity index (χ4v) is 3.04. The van der Waals surface area contributed by atoms with Crippen LogP contribution in [0, 0.1) is 29.6 Å². The third kappa shape index (κ3) is 2.72. The van der Waals surface area contributed by atoms with Gasteiger partial charge in [-0.25, -0.2) is 0 Å². The summed E-state index contributed by atoms with van der Waals surface area (Å²) in [4.78, 5) is 0. The smallest absolute Gasteiger partial charge is 0.0358 e. The summed E-state index contributed by atoms with van der Waals surface area (Å²) in [6, 6.07) is 0. The fourth-order valence-electron chi connectivity index (χ4n) is 3.04. The molecule has 0 aromatic rings. The van der Waals surface area contributed by atoms with E-state index in [-0.39, 0.29) is 0 Å². The Balaban J connectivity index is 2.60. The first-order chi connectivity index (χ1) is 6.02. The second kappa shape index (κ2) is 4.48. The van der Waals surface area contributed by atoms with Gasteiger partial charge in [0.25, 0.3) is 0 Å². The van der Waals surface area contributed by atoms with Crippen LogP contribution in [-0.4, -0.2) is 0 Å². The highest BCUT2D eigenvalue weighted by Crippen LogP contribution is 2.41. The number of hydrogen-bond acceptors (Lipinski definition) is 0. The van der Waals surface area contributed by atoms with E-state index in [1.165, 1.54) is 19.3 Å². The van der Waals surface area contributed by atoms with Gasteiger partial charge in [-0.05, 0) is 42.4 Å². The highest BCUT2D eigenvalue weighted by molar-refractivity contribution is 4.82. The van der Waals surface area contributed by atoms with Crippen LogP contribution in [0.1, 0.15) is 53.9 Å². The van der Waals surface area contributed by atoms with Gasteiger partial charge in [0.05, 0.1) is 0 Å². The van der Waals surface area contributed by atoms with E-state index in [2.05, 4.69) is 34.6 Å². The second-order valence-corrected chi connectivity index (χ2v) is 5.73. The molecule has 0 amide bonds. The van der Waals surface area contributed by atoms with Crippen molar-refractivity contribution in [1.29, 1.82) is 0 Å². The van der Waals surface area contributed by atoms with Gasteiger partial charge in [-0.3, -0.25) is 0 Å². The van der Waals surface area contributed by atoms with Crippen LogP contribution in [0.2, 0.25) is 0 Å². The maximum absolute atomic E-state index is 2.42. The molecule has 1 fully saturated rings. The molecule has 1 saturated carbocycles. The predicted molar refractivity (Wildman–Crippen MR) is 59.7 cm³/mol. The van der Waals surface area contributed by atoms with Crippen LogP contribution in [0.4, 0.5) is 0 Å². The van der Waals surface area contributed by atoms with Crippen LogP contribution in [0.25, 0.3) is 0 Å². The van der Waals surface area contributed by atoms with Gasteiger partial charge >= 0.3 is 0 Å². The lowest BCUT2D eigenvalue weighted by atomic mass is 9.66. The Morgan fingerprint density at radius 2 is 1.38 bits per heavy atom. The van der Waals surface area contributed by atoms with Gasteiger partial charge in [-0.15, -0.1) is 0 Å². The van der Waals surface area contributed by atoms with Crippen LogP contribution >= 0.6 is 0 Å². The van der Waals surface area contributed by atoms with Gasteiger partial charge in [0, 0.05) is 0 Å². The molecular weight excluding hydrogens is 156 g/mol. The molecule has 0 spiro atoms. The van der Waals surface area contributed by atoms with Gasteiger partial charge in [0.15, 0.2) is 0 Å². The Morgan fingerprint density at radius 1 is 0.846 bits per heavy atom. The van der Waals surface area contributed by atoms with E-state index < -0.39 is 0 Å². The Kier molecular flexibility index (Phi) is 3.82. The SMILES string of the molecule is CC1CCC(C(C)C)[C@H](C(C)C)C1. The van der Waals surface area contributed by atoms with E-state index in [4.69, 9.17) is 0 Å². The Hall–Kier alpha value is 0. The van der Waals surface area contributed by atoms with Gasteiger partial charge in [0.2, 0.25) is 0 Å². The molecule has 13 heavy (non-hydrogen) atoms. The zero-order chi connectivity index (χ0) is 10.0. The maximum atomic E-state index is 2.42. The van der Waals surface area contributed by atoms with E-state index in [0.717, 1.165) is 29.6 Å². The molecule has 0 radical (unpaired) electrons. The molecular formula is C13H26. The molecule has 0 aromatic heterocycles. The summed E-state index contributed by atoms with van der Waals surface area (Å²) < 4.78 is 0. The average molecular weight is 182 g/mol. The van der Waals surface area contributed by atoms with Crippen molar-refractivity contribution < 1.29 is 0 Å². The zero-order valence-electron chi connectivity index (χ0n) is 10.0. The van der Waals surface area contributed by atoms with Crippen molar-refractivity contribution in [2.75, 3.05) is 0 Å². The molecule has 0 heterocycles. The Bertz CT molecular complexity index is 146. The standard InChI is InChI=1S/C13H26/c1-9(2)12-7-6-11(5)8-13(12)10(3)4/h9-13H,6-8H2,1-5H3/t11?,12?,13-/m0/s1. The molecule has 1 rings (SSSR count). The number of hydrogen-bond donors (Lipinski definition) is 0. The van der Waals surface area contributed by atoms with Crippen molar-refractivity contribution in [3.8, 4) is 0 Å². The van der Waals surface area contributed by atoms with E-state index in [1.54, 1.807) is 0 Å². The Labute approximate surface area is 84.1 Å². The first-order valence-corrected chi connectivity index (χ1v) is 6.02. The lowest BCUT2D eigenvalue weighted by molar-refractivity contribution is 0.106. The van der Waals surface area contributed by atoms with Gasteiger partial charge in [-0.1, -0.05) is 41.0 Å². The topological polar surface area (TPSA) is 0 Å². The normalized spacial score (nSPS) is 35.8. The lowest BCUT2D eigenvalue weighted by Crippen LogP contribution is -2.30.